The van der Waals surface area contributed by atoms with Gasteiger partial charge in [-0.15, -0.1) is 0 Å². The zero-order valence-corrected chi connectivity index (χ0v) is 13.7. The molecule has 0 bridgehead atoms. The van der Waals surface area contributed by atoms with Gasteiger partial charge in [0.05, 0.1) is 4.90 Å². The van der Waals surface area contributed by atoms with Gasteiger partial charge < -0.3 is 0 Å². The van der Waals surface area contributed by atoms with E-state index in [0.717, 1.165) is 11.1 Å². The maximum absolute atomic E-state index is 12.3. The Kier molecular flexibility index (Phi) is 5.90. The molecule has 0 heterocycles. The molecule has 0 radical (unpaired) electrons. The molecule has 1 amide bonds. The van der Waals surface area contributed by atoms with Gasteiger partial charge in [-0.2, -0.15) is 0 Å². The van der Waals surface area contributed by atoms with E-state index < -0.39 is 11.0 Å². The van der Waals surface area contributed by atoms with Crippen LogP contribution in [0, 0.1) is 12.8 Å². The Morgan fingerprint density at radius 2 is 1.73 bits per heavy atom. The van der Waals surface area contributed by atoms with Crippen molar-refractivity contribution in [3.63, 3.8) is 0 Å². The third-order valence-corrected chi connectivity index (χ3v) is 4.70. The second kappa shape index (κ2) is 7.90. The van der Waals surface area contributed by atoms with Crippen LogP contribution in [0.4, 0.5) is 0 Å². The zero-order chi connectivity index (χ0) is 15.9. The van der Waals surface area contributed by atoms with Crippen LogP contribution in [0.1, 0.15) is 24.5 Å². The van der Waals surface area contributed by atoms with Gasteiger partial charge in [0.2, 0.25) is 5.91 Å². The van der Waals surface area contributed by atoms with Crippen molar-refractivity contribution in [2.24, 2.45) is 5.92 Å². The highest BCUT2D eigenvalue weighted by molar-refractivity contribution is 7.83. The molecule has 1 unspecified atom stereocenters. The Balaban J connectivity index is 2.00. The van der Waals surface area contributed by atoms with Gasteiger partial charge in [0.25, 0.3) is 0 Å². The van der Waals surface area contributed by atoms with Crippen molar-refractivity contribution >= 4 is 16.9 Å². The number of carbonyl (C=O) groups excluding carboxylic acids is 1. The van der Waals surface area contributed by atoms with E-state index in [1.807, 2.05) is 56.3 Å². The van der Waals surface area contributed by atoms with E-state index >= 15 is 0 Å². The Morgan fingerprint density at radius 3 is 2.32 bits per heavy atom. The summed E-state index contributed by atoms with van der Waals surface area (Å²) in [7, 11) is -1.50. The minimum atomic E-state index is -1.50. The number of rotatable bonds is 6. The summed E-state index contributed by atoms with van der Waals surface area (Å²) < 4.78 is 14.8. The molecule has 2 aromatic carbocycles. The summed E-state index contributed by atoms with van der Waals surface area (Å²) in [6.07, 6.45) is 1.38. The molecular formula is C18H21NO2S. The molecule has 0 saturated heterocycles. The summed E-state index contributed by atoms with van der Waals surface area (Å²) in [5.74, 6) is -0.331. The van der Waals surface area contributed by atoms with Crippen LogP contribution in [-0.2, 0) is 22.2 Å². The molecule has 0 fully saturated rings. The van der Waals surface area contributed by atoms with Crippen LogP contribution in [0.25, 0.3) is 0 Å². The van der Waals surface area contributed by atoms with Gasteiger partial charge in [-0.1, -0.05) is 55.0 Å². The number of hydrogen-bond acceptors (Lipinski definition) is 2. The molecule has 1 N–H and O–H groups in total. The second-order valence-electron chi connectivity index (χ2n) is 5.34. The smallest absolute Gasteiger partial charge is 0.235 e. The molecule has 3 nitrogen and oxygen atoms in total. The Morgan fingerprint density at radius 1 is 1.09 bits per heavy atom. The van der Waals surface area contributed by atoms with Crippen LogP contribution in [0.15, 0.2) is 59.5 Å². The topological polar surface area (TPSA) is 46.2 Å². The van der Waals surface area contributed by atoms with Crippen LogP contribution in [0.5, 0.6) is 0 Å². The molecule has 4 heteroatoms. The molecule has 0 aliphatic carbocycles. The van der Waals surface area contributed by atoms with Crippen molar-refractivity contribution in [3.8, 4) is 0 Å². The number of carbonyl (C=O) groups is 1. The first-order valence-electron chi connectivity index (χ1n) is 7.43. The highest BCUT2D eigenvalue weighted by Crippen LogP contribution is 2.14. The lowest BCUT2D eigenvalue weighted by Crippen LogP contribution is -2.33. The van der Waals surface area contributed by atoms with Crippen molar-refractivity contribution < 1.29 is 9.00 Å². The monoisotopic (exact) mass is 315 g/mol. The van der Waals surface area contributed by atoms with Crippen molar-refractivity contribution in [1.29, 1.82) is 0 Å². The summed E-state index contributed by atoms with van der Waals surface area (Å²) in [4.78, 5) is 12.9. The van der Waals surface area contributed by atoms with Crippen LogP contribution in [0.2, 0.25) is 0 Å². The largest absolute Gasteiger partial charge is 0.274 e. The van der Waals surface area contributed by atoms with E-state index in [4.69, 9.17) is 0 Å². The van der Waals surface area contributed by atoms with Crippen molar-refractivity contribution in [3.05, 3.63) is 65.7 Å². The maximum atomic E-state index is 12.3. The van der Waals surface area contributed by atoms with Gasteiger partial charge in [0.15, 0.2) is 11.0 Å². The maximum Gasteiger partial charge on any atom is 0.235 e. The van der Waals surface area contributed by atoms with E-state index in [-0.39, 0.29) is 11.8 Å². The molecule has 2 atom stereocenters. The van der Waals surface area contributed by atoms with E-state index in [1.165, 1.54) is 0 Å². The van der Waals surface area contributed by atoms with Crippen LogP contribution >= 0.6 is 0 Å². The average Bonchev–Trinajstić information content (AvgIpc) is 2.54. The predicted octanol–water partition coefficient (Wildman–Crippen LogP) is 3.40. The fourth-order valence-corrected chi connectivity index (χ4v) is 3.07. The number of amides is 1. The molecule has 2 aromatic rings. The average molecular weight is 315 g/mol. The van der Waals surface area contributed by atoms with Crippen LogP contribution in [0.3, 0.4) is 0 Å². The summed E-state index contributed by atoms with van der Waals surface area (Å²) in [6, 6.07) is 17.2. The third kappa shape index (κ3) is 4.53. The number of benzene rings is 2. The number of aryl methyl sites for hydroxylation is 1. The van der Waals surface area contributed by atoms with Crippen LogP contribution < -0.4 is 4.72 Å². The predicted molar refractivity (Wildman–Crippen MR) is 89.7 cm³/mol. The van der Waals surface area contributed by atoms with Crippen molar-refractivity contribution in [1.82, 2.24) is 4.72 Å². The van der Waals surface area contributed by atoms with Crippen LogP contribution in [-0.4, -0.2) is 10.1 Å². The van der Waals surface area contributed by atoms with Gasteiger partial charge in [0.1, 0.15) is 0 Å². The highest BCUT2D eigenvalue weighted by Gasteiger charge is 2.19. The summed E-state index contributed by atoms with van der Waals surface area (Å²) in [5, 5.41) is 0. The summed E-state index contributed by atoms with van der Waals surface area (Å²) in [6.45, 7) is 3.94. The third-order valence-electron chi connectivity index (χ3n) is 3.62. The fourth-order valence-electron chi connectivity index (χ4n) is 2.22. The first-order chi connectivity index (χ1) is 10.6. The number of hydrogen-bond donors (Lipinski definition) is 1. The first-order valence-corrected chi connectivity index (χ1v) is 8.58. The molecule has 22 heavy (non-hydrogen) atoms. The molecule has 0 aliphatic rings. The van der Waals surface area contributed by atoms with Gasteiger partial charge in [-0.05, 0) is 37.5 Å². The normalized spacial score (nSPS) is 13.4. The summed E-state index contributed by atoms with van der Waals surface area (Å²) in [5.41, 5.74) is 2.22. The molecule has 116 valence electrons. The molecular weight excluding hydrogens is 294 g/mol. The van der Waals surface area contributed by atoms with E-state index in [9.17, 15) is 9.00 Å². The Hall–Kier alpha value is -1.94. The standard InChI is InChI=1S/C18H21NO2S/c1-3-16(13-15-7-5-4-6-8-15)18(20)19-22(21)17-11-9-14(2)10-12-17/h4-12,16H,3,13H2,1-2H3,(H,19,20)/t16-,22?/m0/s1. The van der Waals surface area contributed by atoms with Gasteiger partial charge in [-0.25, -0.2) is 4.21 Å². The quantitative estimate of drug-likeness (QED) is 0.888. The minimum Gasteiger partial charge on any atom is -0.274 e. The lowest BCUT2D eigenvalue weighted by Gasteiger charge is -2.14. The SMILES string of the molecule is CC[C@@H](Cc1ccccc1)C(=O)NS(=O)c1ccc(C)cc1. The van der Waals surface area contributed by atoms with Gasteiger partial charge in [-0.3, -0.25) is 9.52 Å². The molecule has 0 spiro atoms. The number of nitrogens with one attached hydrogen (secondary N) is 1. The zero-order valence-electron chi connectivity index (χ0n) is 12.9. The van der Waals surface area contributed by atoms with E-state index in [1.54, 1.807) is 12.1 Å². The fraction of sp³-hybridized carbons (Fsp3) is 0.278. The first kappa shape index (κ1) is 16.4. The Bertz CT molecular complexity index is 638. The molecule has 0 aromatic heterocycles. The van der Waals surface area contributed by atoms with E-state index in [0.29, 0.717) is 17.7 Å². The lowest BCUT2D eigenvalue weighted by atomic mass is 9.96. The van der Waals surface area contributed by atoms with Gasteiger partial charge in [0, 0.05) is 5.92 Å². The lowest BCUT2D eigenvalue weighted by molar-refractivity contribution is -0.123. The van der Waals surface area contributed by atoms with Gasteiger partial charge >= 0.3 is 0 Å². The van der Waals surface area contributed by atoms with Crippen molar-refractivity contribution in [2.75, 3.05) is 0 Å². The molecule has 2 rings (SSSR count). The van der Waals surface area contributed by atoms with E-state index in [2.05, 4.69) is 4.72 Å². The minimum absolute atomic E-state index is 0.162. The molecule has 0 aliphatic heterocycles. The second-order valence-corrected chi connectivity index (χ2v) is 6.56. The Labute approximate surface area is 134 Å². The molecule has 0 saturated carbocycles. The van der Waals surface area contributed by atoms with Crippen molar-refractivity contribution in [2.45, 2.75) is 31.6 Å². The highest BCUT2D eigenvalue weighted by atomic mass is 32.2. The summed E-state index contributed by atoms with van der Waals surface area (Å²) >= 11 is 0.